The molecule has 1 unspecified atom stereocenters. The van der Waals surface area contributed by atoms with E-state index in [1.807, 2.05) is 6.92 Å². The minimum atomic E-state index is -0.588. The minimum absolute atomic E-state index is 0.0395. The summed E-state index contributed by atoms with van der Waals surface area (Å²) in [6.07, 6.45) is 0.629. The smallest absolute Gasteiger partial charge is 0.338 e. The second-order valence-electron chi connectivity index (χ2n) is 4.53. The maximum Gasteiger partial charge on any atom is 0.338 e. The first-order valence-electron chi connectivity index (χ1n) is 6.27. The van der Waals surface area contributed by atoms with Crippen molar-refractivity contribution in [1.29, 1.82) is 0 Å². The second-order valence-corrected chi connectivity index (χ2v) is 4.53. The van der Waals surface area contributed by atoms with Crippen molar-refractivity contribution >= 4 is 11.9 Å². The van der Waals surface area contributed by atoms with Gasteiger partial charge in [-0.1, -0.05) is 20.4 Å². The molecule has 0 fully saturated rings. The molecule has 1 rings (SSSR count). The highest BCUT2D eigenvalue weighted by Gasteiger charge is 2.16. The molecule has 5 nitrogen and oxygen atoms in total. The van der Waals surface area contributed by atoms with Gasteiger partial charge in [0, 0.05) is 11.6 Å². The molecule has 0 aromatic heterocycles. The summed E-state index contributed by atoms with van der Waals surface area (Å²) < 4.78 is 10.1. The zero-order valence-electron chi connectivity index (χ0n) is 11.8. The van der Waals surface area contributed by atoms with Gasteiger partial charge in [0.1, 0.15) is 5.75 Å². The Morgan fingerprint density at radius 3 is 2.55 bits per heavy atom. The lowest BCUT2D eigenvalue weighted by molar-refractivity contribution is -0.138. The van der Waals surface area contributed by atoms with Crippen LogP contribution in [0.15, 0.2) is 30.4 Å². The summed E-state index contributed by atoms with van der Waals surface area (Å²) in [5.74, 6) is -1.39. The molecule has 0 aliphatic heterocycles. The number of hydrogen-bond donors (Lipinski definition) is 1. The van der Waals surface area contributed by atoms with Gasteiger partial charge in [0.05, 0.1) is 5.92 Å². The minimum Gasteiger partial charge on any atom is -0.504 e. The first kappa shape index (κ1) is 15.8. The van der Waals surface area contributed by atoms with Crippen molar-refractivity contribution in [2.24, 2.45) is 5.92 Å². The number of aromatic hydroxyl groups is 1. The first-order valence-corrected chi connectivity index (χ1v) is 6.27. The molecule has 0 saturated carbocycles. The Labute approximate surface area is 117 Å². The molecule has 0 heterocycles. The van der Waals surface area contributed by atoms with Crippen molar-refractivity contribution in [1.82, 2.24) is 0 Å². The summed E-state index contributed by atoms with van der Waals surface area (Å²) in [6, 6.07) is 3.98. The van der Waals surface area contributed by atoms with E-state index in [4.69, 9.17) is 9.47 Å². The van der Waals surface area contributed by atoms with Gasteiger partial charge in [-0.25, -0.2) is 4.79 Å². The maximum atomic E-state index is 11.7. The van der Waals surface area contributed by atoms with Gasteiger partial charge in [-0.3, -0.25) is 4.79 Å². The van der Waals surface area contributed by atoms with Gasteiger partial charge in [0.15, 0.2) is 11.5 Å². The van der Waals surface area contributed by atoms with Crippen LogP contribution in [0.3, 0.4) is 0 Å². The van der Waals surface area contributed by atoms with Crippen LogP contribution < -0.4 is 9.47 Å². The number of ether oxygens (including phenoxy) is 2. The van der Waals surface area contributed by atoms with Crippen LogP contribution in [0.2, 0.25) is 0 Å². The van der Waals surface area contributed by atoms with E-state index in [0.717, 1.165) is 0 Å². The number of carbonyl (C=O) groups excluding carboxylic acids is 2. The monoisotopic (exact) mass is 278 g/mol. The van der Waals surface area contributed by atoms with Crippen LogP contribution in [0, 0.1) is 5.92 Å². The Kier molecular flexibility index (Phi) is 5.32. The SMILES string of the molecule is C=C(C)C(=O)Oc1ccc(O)c(OC(=O)C(C)CC)c1. The van der Waals surface area contributed by atoms with Crippen molar-refractivity contribution in [2.75, 3.05) is 0 Å². The van der Waals surface area contributed by atoms with Crippen molar-refractivity contribution in [3.8, 4) is 17.2 Å². The van der Waals surface area contributed by atoms with Crippen LogP contribution >= 0.6 is 0 Å². The van der Waals surface area contributed by atoms with Gasteiger partial charge < -0.3 is 14.6 Å². The van der Waals surface area contributed by atoms with E-state index in [1.54, 1.807) is 6.92 Å². The van der Waals surface area contributed by atoms with Crippen LogP contribution in [0.1, 0.15) is 27.2 Å². The number of esters is 2. The van der Waals surface area contributed by atoms with Gasteiger partial charge in [-0.2, -0.15) is 0 Å². The third-order valence-corrected chi connectivity index (χ3v) is 2.72. The van der Waals surface area contributed by atoms with Crippen LogP contribution in [-0.2, 0) is 9.59 Å². The van der Waals surface area contributed by atoms with Crippen LogP contribution in [0.4, 0.5) is 0 Å². The molecule has 0 amide bonds. The van der Waals surface area contributed by atoms with Crippen LogP contribution in [-0.4, -0.2) is 17.0 Å². The fourth-order valence-electron chi connectivity index (χ4n) is 1.21. The van der Waals surface area contributed by atoms with Gasteiger partial charge in [-0.15, -0.1) is 0 Å². The first-order chi connectivity index (χ1) is 9.35. The van der Waals surface area contributed by atoms with E-state index < -0.39 is 11.9 Å². The largest absolute Gasteiger partial charge is 0.504 e. The number of rotatable bonds is 5. The Balaban J connectivity index is 2.89. The van der Waals surface area contributed by atoms with Crippen LogP contribution in [0.5, 0.6) is 17.2 Å². The maximum absolute atomic E-state index is 11.7. The summed E-state index contributed by atoms with van der Waals surface area (Å²) in [4.78, 5) is 23.1. The molecule has 1 atom stereocenters. The molecule has 5 heteroatoms. The number of phenolic OH excluding ortho intramolecular Hbond substituents is 1. The average Bonchev–Trinajstić information content (AvgIpc) is 2.41. The highest BCUT2D eigenvalue weighted by atomic mass is 16.5. The van der Waals surface area contributed by atoms with E-state index in [2.05, 4.69) is 6.58 Å². The Morgan fingerprint density at radius 2 is 2.00 bits per heavy atom. The Bertz CT molecular complexity index is 533. The third kappa shape index (κ3) is 4.12. The zero-order valence-corrected chi connectivity index (χ0v) is 11.8. The molecule has 0 saturated heterocycles. The fourth-order valence-corrected chi connectivity index (χ4v) is 1.21. The van der Waals surface area contributed by atoms with Crippen LogP contribution in [0.25, 0.3) is 0 Å². The predicted octanol–water partition coefficient (Wildman–Crippen LogP) is 2.83. The molecule has 0 bridgehead atoms. The van der Waals surface area contributed by atoms with Gasteiger partial charge in [0.2, 0.25) is 0 Å². The zero-order chi connectivity index (χ0) is 15.3. The van der Waals surface area contributed by atoms with Crippen molar-refractivity contribution < 1.29 is 24.2 Å². The summed E-state index contributed by atoms with van der Waals surface area (Å²) >= 11 is 0. The normalized spacial score (nSPS) is 11.6. The highest BCUT2D eigenvalue weighted by Crippen LogP contribution is 2.31. The summed E-state index contributed by atoms with van der Waals surface area (Å²) in [5, 5.41) is 9.65. The molecule has 0 aliphatic carbocycles. The van der Waals surface area contributed by atoms with Gasteiger partial charge in [0.25, 0.3) is 0 Å². The molecule has 0 aliphatic rings. The van der Waals surface area contributed by atoms with E-state index in [0.29, 0.717) is 6.42 Å². The predicted molar refractivity (Wildman–Crippen MR) is 73.6 cm³/mol. The molecule has 1 aromatic rings. The average molecular weight is 278 g/mol. The lowest BCUT2D eigenvalue weighted by Gasteiger charge is -2.11. The van der Waals surface area contributed by atoms with Crippen molar-refractivity contribution in [3.05, 3.63) is 30.4 Å². The topological polar surface area (TPSA) is 72.8 Å². The summed E-state index contributed by atoms with van der Waals surface area (Å²) in [7, 11) is 0. The molecular weight excluding hydrogens is 260 g/mol. The number of carbonyl (C=O) groups is 2. The molecule has 1 N–H and O–H groups in total. The second kappa shape index (κ2) is 6.75. The standard InChI is InChI=1S/C15H18O5/c1-5-10(4)15(18)20-13-8-11(6-7-12(13)16)19-14(17)9(2)3/h6-8,10,16H,2,5H2,1,3-4H3. The molecule has 108 valence electrons. The molecule has 20 heavy (non-hydrogen) atoms. The van der Waals surface area contributed by atoms with E-state index >= 15 is 0 Å². The van der Waals surface area contributed by atoms with Gasteiger partial charge >= 0.3 is 11.9 Å². The molecule has 1 aromatic carbocycles. The Hall–Kier alpha value is -2.30. The number of hydrogen-bond acceptors (Lipinski definition) is 5. The summed E-state index contributed by atoms with van der Waals surface area (Å²) in [6.45, 7) is 8.57. The number of benzene rings is 1. The van der Waals surface area contributed by atoms with Gasteiger partial charge in [-0.05, 0) is 25.5 Å². The molecular formula is C15H18O5. The Morgan fingerprint density at radius 1 is 1.35 bits per heavy atom. The quantitative estimate of drug-likeness (QED) is 0.509. The lowest BCUT2D eigenvalue weighted by Crippen LogP contribution is -2.17. The molecule has 0 spiro atoms. The van der Waals surface area contributed by atoms with E-state index in [9.17, 15) is 14.7 Å². The van der Waals surface area contributed by atoms with E-state index in [1.165, 1.54) is 25.1 Å². The molecule has 0 radical (unpaired) electrons. The lowest BCUT2D eigenvalue weighted by atomic mass is 10.1. The van der Waals surface area contributed by atoms with Crippen molar-refractivity contribution in [2.45, 2.75) is 27.2 Å². The number of phenols is 1. The van der Waals surface area contributed by atoms with Crippen molar-refractivity contribution in [3.63, 3.8) is 0 Å². The fraction of sp³-hybridized carbons (Fsp3) is 0.333. The third-order valence-electron chi connectivity index (χ3n) is 2.72. The summed E-state index contributed by atoms with van der Waals surface area (Å²) in [5.41, 5.74) is 0.247. The van der Waals surface area contributed by atoms with E-state index in [-0.39, 0.29) is 28.7 Å². The highest BCUT2D eigenvalue weighted by molar-refractivity contribution is 5.88.